The highest BCUT2D eigenvalue weighted by molar-refractivity contribution is 7.98. The summed E-state index contributed by atoms with van der Waals surface area (Å²) in [4.78, 5) is 0. The van der Waals surface area contributed by atoms with Gasteiger partial charge in [0.05, 0.1) is 18.4 Å². The quantitative estimate of drug-likeness (QED) is 0.609. The van der Waals surface area contributed by atoms with Gasteiger partial charge >= 0.3 is 0 Å². The zero-order chi connectivity index (χ0) is 16.1. The van der Waals surface area contributed by atoms with Crippen molar-refractivity contribution in [2.45, 2.75) is 30.7 Å². The first-order chi connectivity index (χ1) is 11.3. The van der Waals surface area contributed by atoms with Gasteiger partial charge in [0, 0.05) is 6.42 Å². The number of hydrogen-bond donors (Lipinski definition) is 0. The third-order valence-electron chi connectivity index (χ3n) is 3.04. The van der Waals surface area contributed by atoms with Gasteiger partial charge in [-0.25, -0.2) is 0 Å². The van der Waals surface area contributed by atoms with Crippen LogP contribution >= 0.6 is 11.8 Å². The molecule has 0 amide bonds. The molecule has 0 unspecified atom stereocenters. The predicted octanol–water partition coefficient (Wildman–Crippen LogP) is 3.37. The maximum Gasteiger partial charge on any atom is 0.277 e. The molecule has 2 heterocycles. The smallest absolute Gasteiger partial charge is 0.277 e. The molecule has 0 bridgehead atoms. The molecule has 3 aromatic rings. The summed E-state index contributed by atoms with van der Waals surface area (Å²) in [6.45, 7) is 2.06. The van der Waals surface area contributed by atoms with Crippen LogP contribution in [0.4, 0.5) is 0 Å². The number of aryl methyl sites for hydroxylation is 1. The normalized spacial score (nSPS) is 10.9. The zero-order valence-electron chi connectivity index (χ0n) is 12.9. The van der Waals surface area contributed by atoms with E-state index in [4.69, 9.17) is 13.6 Å². The van der Waals surface area contributed by atoms with Crippen LogP contribution in [0, 0.1) is 0 Å². The second-order valence-corrected chi connectivity index (χ2v) is 5.63. The molecule has 0 aliphatic carbocycles. The van der Waals surface area contributed by atoms with Crippen LogP contribution in [0.1, 0.15) is 25.1 Å². The molecule has 0 spiro atoms. The maximum atomic E-state index is 5.68. The zero-order valence-corrected chi connectivity index (χ0v) is 13.7. The van der Waals surface area contributed by atoms with Crippen molar-refractivity contribution in [3.63, 3.8) is 0 Å². The van der Waals surface area contributed by atoms with Crippen LogP contribution < -0.4 is 4.74 Å². The molecule has 3 rings (SSSR count). The van der Waals surface area contributed by atoms with Crippen molar-refractivity contribution in [1.29, 1.82) is 0 Å². The molecule has 0 aliphatic heterocycles. The van der Waals surface area contributed by atoms with Gasteiger partial charge in [0.2, 0.25) is 11.8 Å². The molecule has 2 aromatic heterocycles. The summed E-state index contributed by atoms with van der Waals surface area (Å²) in [6, 6.07) is 7.50. The Morgan fingerprint density at radius 2 is 1.87 bits per heavy atom. The summed E-state index contributed by atoms with van der Waals surface area (Å²) in [6.07, 6.45) is 1.75. The molecule has 0 radical (unpaired) electrons. The average Bonchev–Trinajstić information content (AvgIpc) is 3.22. The summed E-state index contributed by atoms with van der Waals surface area (Å²) in [7, 11) is 1.61. The van der Waals surface area contributed by atoms with Gasteiger partial charge in [-0.2, -0.15) is 0 Å². The Morgan fingerprint density at radius 1 is 1.04 bits per heavy atom. The van der Waals surface area contributed by atoms with Gasteiger partial charge in [0.15, 0.2) is 0 Å². The van der Waals surface area contributed by atoms with Crippen LogP contribution in [-0.4, -0.2) is 27.5 Å². The third kappa shape index (κ3) is 3.70. The molecule has 8 heteroatoms. The molecule has 0 N–H and O–H groups in total. The molecule has 1 aromatic carbocycles. The van der Waals surface area contributed by atoms with Crippen LogP contribution in [0.25, 0.3) is 11.5 Å². The lowest BCUT2D eigenvalue weighted by Gasteiger charge is -2.03. The molecule has 23 heavy (non-hydrogen) atoms. The van der Waals surface area contributed by atoms with E-state index in [1.165, 1.54) is 11.8 Å². The van der Waals surface area contributed by atoms with Gasteiger partial charge < -0.3 is 13.6 Å². The summed E-state index contributed by atoms with van der Waals surface area (Å²) in [5, 5.41) is 16.6. The van der Waals surface area contributed by atoms with E-state index in [0.29, 0.717) is 34.4 Å². The number of thioether (sulfide) groups is 1. The lowest BCUT2D eigenvalue weighted by atomic mass is 10.2. The second kappa shape index (κ2) is 7.28. The van der Waals surface area contributed by atoms with Crippen molar-refractivity contribution in [3.8, 4) is 17.2 Å². The van der Waals surface area contributed by atoms with E-state index in [9.17, 15) is 0 Å². The number of aromatic nitrogens is 4. The van der Waals surface area contributed by atoms with E-state index >= 15 is 0 Å². The standard InChI is InChI=1S/C15H16N4O3S/c1-3-6-12-16-19-15(22-12)23-9-13-17-18-14(21-13)10-7-4-5-8-11(10)20-2/h4-5,7-8H,3,6,9H2,1-2H3. The molecule has 0 saturated carbocycles. The number of nitrogens with zero attached hydrogens (tertiary/aromatic N) is 4. The van der Waals surface area contributed by atoms with Crippen molar-refractivity contribution in [1.82, 2.24) is 20.4 Å². The van der Waals surface area contributed by atoms with Crippen molar-refractivity contribution in [2.75, 3.05) is 7.11 Å². The van der Waals surface area contributed by atoms with Gasteiger partial charge in [-0.15, -0.1) is 20.4 Å². The highest BCUT2D eigenvalue weighted by atomic mass is 32.2. The fourth-order valence-corrected chi connectivity index (χ4v) is 2.59. The van der Waals surface area contributed by atoms with Crippen LogP contribution in [0.15, 0.2) is 38.3 Å². The van der Waals surface area contributed by atoms with E-state index in [-0.39, 0.29) is 0 Å². The Morgan fingerprint density at radius 3 is 2.70 bits per heavy atom. The van der Waals surface area contributed by atoms with Gasteiger partial charge in [-0.3, -0.25) is 0 Å². The predicted molar refractivity (Wildman–Crippen MR) is 84.1 cm³/mol. The van der Waals surface area contributed by atoms with E-state index in [1.807, 2.05) is 24.3 Å². The Bertz CT molecular complexity index is 771. The lowest BCUT2D eigenvalue weighted by molar-refractivity contribution is 0.410. The molecule has 0 fully saturated rings. The van der Waals surface area contributed by atoms with E-state index in [0.717, 1.165) is 18.4 Å². The van der Waals surface area contributed by atoms with E-state index in [2.05, 4.69) is 27.3 Å². The summed E-state index contributed by atoms with van der Waals surface area (Å²) in [5.41, 5.74) is 0.766. The molecule has 120 valence electrons. The minimum Gasteiger partial charge on any atom is -0.496 e. The maximum absolute atomic E-state index is 5.68. The average molecular weight is 332 g/mol. The van der Waals surface area contributed by atoms with Gasteiger partial charge in [0.25, 0.3) is 11.1 Å². The van der Waals surface area contributed by atoms with Gasteiger partial charge in [0.1, 0.15) is 5.75 Å². The first-order valence-electron chi connectivity index (χ1n) is 7.21. The Kier molecular flexibility index (Phi) is 4.92. The fourth-order valence-electron chi connectivity index (χ4n) is 1.98. The third-order valence-corrected chi connectivity index (χ3v) is 3.84. The van der Waals surface area contributed by atoms with Crippen molar-refractivity contribution >= 4 is 11.8 Å². The number of ether oxygens (including phenoxy) is 1. The summed E-state index contributed by atoms with van der Waals surface area (Å²) in [5.74, 6) is 2.73. The molecular weight excluding hydrogens is 316 g/mol. The van der Waals surface area contributed by atoms with E-state index < -0.39 is 0 Å². The molecular formula is C15H16N4O3S. The van der Waals surface area contributed by atoms with Crippen LogP contribution in [0.5, 0.6) is 5.75 Å². The molecule has 0 saturated heterocycles. The number of benzene rings is 1. The Hall–Kier alpha value is -2.35. The van der Waals surface area contributed by atoms with Crippen molar-refractivity contribution in [2.24, 2.45) is 0 Å². The lowest BCUT2D eigenvalue weighted by Crippen LogP contribution is -1.87. The monoisotopic (exact) mass is 332 g/mol. The second-order valence-electron chi connectivity index (χ2n) is 4.70. The van der Waals surface area contributed by atoms with Gasteiger partial charge in [-0.05, 0) is 18.6 Å². The first kappa shape index (κ1) is 15.5. The number of hydrogen-bond acceptors (Lipinski definition) is 8. The summed E-state index contributed by atoms with van der Waals surface area (Å²) >= 11 is 1.37. The number of rotatable bonds is 7. The minimum atomic E-state index is 0.426. The van der Waals surface area contributed by atoms with Crippen LogP contribution in [-0.2, 0) is 12.2 Å². The first-order valence-corrected chi connectivity index (χ1v) is 8.19. The SMILES string of the molecule is CCCc1nnc(SCc2nnc(-c3ccccc3OC)o2)o1. The van der Waals surface area contributed by atoms with Crippen molar-refractivity contribution < 1.29 is 13.6 Å². The molecule has 7 nitrogen and oxygen atoms in total. The number of methoxy groups -OCH3 is 1. The molecule has 0 atom stereocenters. The molecule has 0 aliphatic rings. The largest absolute Gasteiger partial charge is 0.496 e. The van der Waals surface area contributed by atoms with Crippen LogP contribution in [0.2, 0.25) is 0 Å². The Balaban J connectivity index is 1.67. The Labute approximate surface area is 137 Å². The fraction of sp³-hybridized carbons (Fsp3) is 0.333. The van der Waals surface area contributed by atoms with Crippen LogP contribution in [0.3, 0.4) is 0 Å². The highest BCUT2D eigenvalue weighted by Gasteiger charge is 2.14. The van der Waals surface area contributed by atoms with E-state index in [1.54, 1.807) is 7.11 Å². The topological polar surface area (TPSA) is 87.1 Å². The minimum absolute atomic E-state index is 0.426. The van der Waals surface area contributed by atoms with Crippen molar-refractivity contribution in [3.05, 3.63) is 36.0 Å². The highest BCUT2D eigenvalue weighted by Crippen LogP contribution is 2.29. The number of para-hydroxylation sites is 1. The summed E-state index contributed by atoms with van der Waals surface area (Å²) < 4.78 is 16.5. The van der Waals surface area contributed by atoms with Gasteiger partial charge in [-0.1, -0.05) is 30.8 Å².